The maximum absolute atomic E-state index is 3.78. The molecule has 2 rings (SSSR count). The Bertz CT molecular complexity index is 252. The number of aryl methyl sites for hydroxylation is 1. The van der Waals surface area contributed by atoms with E-state index in [1.54, 1.807) is 12.4 Å². The number of pyridine rings is 1. The van der Waals surface area contributed by atoms with Crippen LogP contribution in [-0.2, 0) is 17.4 Å². The van der Waals surface area contributed by atoms with E-state index in [4.69, 9.17) is 0 Å². The topological polar surface area (TPSA) is 28.7 Å². The summed E-state index contributed by atoms with van der Waals surface area (Å²) in [5.41, 5.74) is 1.22. The van der Waals surface area contributed by atoms with Gasteiger partial charge in [-0.3, -0.25) is 4.98 Å². The third-order valence-electron chi connectivity index (χ3n) is 1.32. The maximum Gasteiger partial charge on any atom is 0.0267 e. The third kappa shape index (κ3) is 6.15. The molecule has 0 atom stereocenters. The van der Waals surface area contributed by atoms with Crippen molar-refractivity contribution in [3.05, 3.63) is 54.6 Å². The van der Waals surface area contributed by atoms with Crippen molar-refractivity contribution in [2.24, 2.45) is 0 Å². The van der Waals surface area contributed by atoms with Crippen molar-refractivity contribution in [3.63, 3.8) is 0 Å². The smallest absolute Gasteiger partial charge is 0.0267 e. The van der Waals surface area contributed by atoms with Crippen molar-refractivity contribution < 1.29 is 17.4 Å². The average molecular weight is 212 g/mol. The minimum absolute atomic E-state index is 0. The van der Waals surface area contributed by atoms with Gasteiger partial charge < -0.3 is 4.98 Å². The van der Waals surface area contributed by atoms with E-state index < -0.39 is 0 Å². The maximum atomic E-state index is 3.78. The van der Waals surface area contributed by atoms with Crippen molar-refractivity contribution in [1.82, 2.24) is 9.97 Å². The zero-order chi connectivity index (χ0) is 8.65. The second-order valence-corrected chi connectivity index (χ2v) is 2.38. The number of nitrogens with one attached hydrogen (secondary N) is 1. The molecule has 0 amide bonds. The molecule has 0 fully saturated rings. The molecule has 0 aliphatic heterocycles. The van der Waals surface area contributed by atoms with Crippen LogP contribution < -0.4 is 0 Å². The molecule has 0 radical (unpaired) electrons. The summed E-state index contributed by atoms with van der Waals surface area (Å²) in [7, 11) is 0. The van der Waals surface area contributed by atoms with Crippen molar-refractivity contribution >= 4 is 0 Å². The first-order chi connectivity index (χ1) is 5.89. The second kappa shape index (κ2) is 7.60. The molecule has 3 heteroatoms. The number of nitrogens with zero attached hydrogens (tertiary/aromatic N) is 1. The van der Waals surface area contributed by atoms with E-state index >= 15 is 0 Å². The van der Waals surface area contributed by atoms with Gasteiger partial charge in [0.2, 0.25) is 0 Å². The van der Waals surface area contributed by atoms with Gasteiger partial charge in [-0.1, -0.05) is 6.07 Å². The molecule has 0 aliphatic carbocycles. The number of rotatable bonds is 0. The molecule has 2 aromatic rings. The van der Waals surface area contributed by atoms with Gasteiger partial charge in [0, 0.05) is 41.6 Å². The van der Waals surface area contributed by atoms with Crippen LogP contribution in [0.4, 0.5) is 0 Å². The van der Waals surface area contributed by atoms with Gasteiger partial charge in [-0.15, -0.1) is 0 Å². The summed E-state index contributed by atoms with van der Waals surface area (Å²) in [6.07, 6.45) is 5.41. The zero-order valence-corrected chi connectivity index (χ0v) is 8.75. The molecule has 0 saturated carbocycles. The van der Waals surface area contributed by atoms with E-state index in [2.05, 4.69) is 9.97 Å². The Kier molecular flexibility index (Phi) is 7.00. The van der Waals surface area contributed by atoms with Crippen molar-refractivity contribution in [2.75, 3.05) is 0 Å². The SMILES string of the molecule is Cc1ccc[nH]1.[Cr].c1ccncc1. The molecule has 2 aromatic heterocycles. The first-order valence-corrected chi connectivity index (χ1v) is 3.84. The standard InChI is InChI=1S/C5H7N.C5H5N.Cr/c1-5-3-2-4-6-5;1-2-4-6-5-3-1;/h2-4,6H,1H3;1-5H;. The summed E-state index contributed by atoms with van der Waals surface area (Å²) in [4.78, 5) is 6.78. The van der Waals surface area contributed by atoms with Crippen molar-refractivity contribution in [2.45, 2.75) is 6.92 Å². The van der Waals surface area contributed by atoms with Crippen LogP contribution in [0.5, 0.6) is 0 Å². The van der Waals surface area contributed by atoms with Gasteiger partial charge in [-0.2, -0.15) is 0 Å². The summed E-state index contributed by atoms with van der Waals surface area (Å²) in [6, 6.07) is 9.72. The molecule has 0 aromatic carbocycles. The van der Waals surface area contributed by atoms with Gasteiger partial charge in [0.25, 0.3) is 0 Å². The molecule has 0 bridgehead atoms. The Hall–Kier alpha value is -1.04. The van der Waals surface area contributed by atoms with E-state index in [0.717, 1.165) is 0 Å². The fourth-order valence-electron chi connectivity index (χ4n) is 0.733. The molecule has 2 nitrogen and oxygen atoms in total. The summed E-state index contributed by atoms with van der Waals surface area (Å²) in [6.45, 7) is 2.03. The fraction of sp³-hybridized carbons (Fsp3) is 0.100. The first kappa shape index (κ1) is 12.0. The van der Waals surface area contributed by atoms with Crippen LogP contribution in [0.2, 0.25) is 0 Å². The molecule has 0 aliphatic rings. The minimum atomic E-state index is 0. The van der Waals surface area contributed by atoms with Gasteiger partial charge in [-0.05, 0) is 31.2 Å². The third-order valence-corrected chi connectivity index (χ3v) is 1.32. The van der Waals surface area contributed by atoms with Crippen LogP contribution in [-0.4, -0.2) is 9.97 Å². The van der Waals surface area contributed by atoms with E-state index in [1.807, 2.05) is 43.5 Å². The van der Waals surface area contributed by atoms with Gasteiger partial charge in [0.15, 0.2) is 0 Å². The van der Waals surface area contributed by atoms with Crippen molar-refractivity contribution in [3.8, 4) is 0 Å². The van der Waals surface area contributed by atoms with E-state index in [9.17, 15) is 0 Å². The molecule has 13 heavy (non-hydrogen) atoms. The summed E-state index contributed by atoms with van der Waals surface area (Å²) < 4.78 is 0. The normalized spacial score (nSPS) is 7.77. The summed E-state index contributed by atoms with van der Waals surface area (Å²) in [5.74, 6) is 0. The van der Waals surface area contributed by atoms with E-state index in [1.165, 1.54) is 5.69 Å². The molecule has 0 unspecified atom stereocenters. The zero-order valence-electron chi connectivity index (χ0n) is 7.47. The Labute approximate surface area is 89.2 Å². The number of hydrogen-bond acceptors (Lipinski definition) is 1. The average Bonchev–Trinajstić information content (AvgIpc) is 2.60. The van der Waals surface area contributed by atoms with Crippen LogP contribution in [0.25, 0.3) is 0 Å². The summed E-state index contributed by atoms with van der Waals surface area (Å²) in [5, 5.41) is 0. The van der Waals surface area contributed by atoms with Gasteiger partial charge in [0.1, 0.15) is 0 Å². The number of H-pyrrole nitrogens is 1. The Morgan fingerprint density at radius 1 is 1.08 bits per heavy atom. The first-order valence-electron chi connectivity index (χ1n) is 3.84. The van der Waals surface area contributed by atoms with Gasteiger partial charge >= 0.3 is 0 Å². The molecule has 0 spiro atoms. The predicted octanol–water partition coefficient (Wildman–Crippen LogP) is 2.40. The van der Waals surface area contributed by atoms with Gasteiger partial charge in [0.05, 0.1) is 0 Å². The predicted molar refractivity (Wildman–Crippen MR) is 49.8 cm³/mol. The van der Waals surface area contributed by atoms with E-state index in [-0.39, 0.29) is 17.4 Å². The fourth-order valence-corrected chi connectivity index (χ4v) is 0.733. The Balaban J connectivity index is 0.000000206. The molecule has 2 heterocycles. The van der Waals surface area contributed by atoms with Crippen LogP contribution in [0.3, 0.4) is 0 Å². The molecular weight excluding hydrogens is 200 g/mol. The van der Waals surface area contributed by atoms with Gasteiger partial charge in [-0.25, -0.2) is 0 Å². The Morgan fingerprint density at radius 2 is 1.77 bits per heavy atom. The number of aromatic nitrogens is 2. The van der Waals surface area contributed by atoms with Crippen LogP contribution in [0, 0.1) is 6.92 Å². The minimum Gasteiger partial charge on any atom is -0.365 e. The quantitative estimate of drug-likeness (QED) is 0.713. The second-order valence-electron chi connectivity index (χ2n) is 2.38. The van der Waals surface area contributed by atoms with Crippen LogP contribution in [0.1, 0.15) is 5.69 Å². The molecule has 1 N–H and O–H groups in total. The van der Waals surface area contributed by atoms with Crippen LogP contribution >= 0.6 is 0 Å². The molecular formula is C10H12CrN2. The monoisotopic (exact) mass is 212 g/mol. The van der Waals surface area contributed by atoms with Crippen LogP contribution in [0.15, 0.2) is 48.9 Å². The van der Waals surface area contributed by atoms with Crippen molar-refractivity contribution in [1.29, 1.82) is 0 Å². The molecule has 0 saturated heterocycles. The molecule has 68 valence electrons. The Morgan fingerprint density at radius 3 is 1.92 bits per heavy atom. The largest absolute Gasteiger partial charge is 0.365 e. The number of hydrogen-bond donors (Lipinski definition) is 1. The van der Waals surface area contributed by atoms with E-state index in [0.29, 0.717) is 0 Å². The summed E-state index contributed by atoms with van der Waals surface area (Å²) >= 11 is 0. The number of aromatic amines is 1.